The van der Waals surface area contributed by atoms with Crippen molar-refractivity contribution in [1.82, 2.24) is 4.90 Å². The molecule has 1 heterocycles. The van der Waals surface area contributed by atoms with Crippen LogP contribution in [0.3, 0.4) is 0 Å². The number of hydrogen-bond acceptors (Lipinski definition) is 3. The van der Waals surface area contributed by atoms with Crippen molar-refractivity contribution < 1.29 is 27.2 Å². The predicted molar refractivity (Wildman–Crippen MR) is 96.1 cm³/mol. The van der Waals surface area contributed by atoms with Gasteiger partial charge < -0.3 is 27.2 Å². The maximum Gasteiger partial charge on any atom is 0.172 e. The topological polar surface area (TPSA) is 43.7 Å². The zero-order valence-corrected chi connectivity index (χ0v) is 16.4. The second-order valence-electron chi connectivity index (χ2n) is 5.89. The van der Waals surface area contributed by atoms with Gasteiger partial charge in [0.25, 0.3) is 0 Å². The molecule has 1 atom stereocenters. The lowest BCUT2D eigenvalue weighted by Crippen LogP contribution is -3.00. The summed E-state index contributed by atoms with van der Waals surface area (Å²) in [5, 5.41) is 20.1. The van der Waals surface area contributed by atoms with Gasteiger partial charge in [-0.1, -0.05) is 36.4 Å². The largest absolute Gasteiger partial charge is 1.00 e. The third-order valence-corrected chi connectivity index (χ3v) is 5.29. The Labute approximate surface area is 161 Å². The van der Waals surface area contributed by atoms with E-state index in [2.05, 4.69) is 39.5 Å². The molecular weight excluding hydrogens is 434 g/mol. The van der Waals surface area contributed by atoms with E-state index in [0.717, 1.165) is 37.2 Å². The summed E-state index contributed by atoms with van der Waals surface area (Å²) in [4.78, 5) is 2.35. The van der Waals surface area contributed by atoms with E-state index in [1.54, 1.807) is 6.07 Å². The minimum absolute atomic E-state index is 0. The van der Waals surface area contributed by atoms with Crippen molar-refractivity contribution in [3.05, 3.63) is 70.2 Å². The SMILES string of the molecule is C=CCN1CCc2c(cc(O)c(O)c2Br)[C@@H](c2ccccc2)C1.[Br-]. The van der Waals surface area contributed by atoms with Gasteiger partial charge in [0.15, 0.2) is 11.5 Å². The second kappa shape index (κ2) is 8.19. The van der Waals surface area contributed by atoms with Crippen LogP contribution >= 0.6 is 15.9 Å². The lowest BCUT2D eigenvalue weighted by atomic mass is 9.87. The number of hydrogen-bond donors (Lipinski definition) is 2. The average molecular weight is 454 g/mol. The fraction of sp³-hybridized carbons (Fsp3) is 0.263. The molecule has 0 spiro atoms. The molecule has 2 aromatic carbocycles. The van der Waals surface area contributed by atoms with Crippen LogP contribution in [0.5, 0.6) is 11.5 Å². The number of halogens is 2. The van der Waals surface area contributed by atoms with Crippen LogP contribution < -0.4 is 17.0 Å². The van der Waals surface area contributed by atoms with Crippen LogP contribution in [0.15, 0.2) is 53.5 Å². The maximum absolute atomic E-state index is 10.1. The molecular formula is C19H20Br2NO2-. The van der Waals surface area contributed by atoms with E-state index >= 15 is 0 Å². The van der Waals surface area contributed by atoms with Crippen molar-refractivity contribution in [2.75, 3.05) is 19.6 Å². The van der Waals surface area contributed by atoms with Gasteiger partial charge in [-0.3, -0.25) is 4.90 Å². The molecule has 1 aliphatic rings. The Bertz CT molecular complexity index is 719. The van der Waals surface area contributed by atoms with E-state index in [1.165, 1.54) is 5.56 Å². The van der Waals surface area contributed by atoms with Gasteiger partial charge in [0, 0.05) is 25.6 Å². The summed E-state index contributed by atoms with van der Waals surface area (Å²) >= 11 is 3.46. The first kappa shape index (κ1) is 19.0. The second-order valence-corrected chi connectivity index (χ2v) is 6.68. The van der Waals surface area contributed by atoms with E-state index in [9.17, 15) is 10.2 Å². The van der Waals surface area contributed by atoms with Gasteiger partial charge in [-0.25, -0.2) is 0 Å². The number of benzene rings is 2. The zero-order chi connectivity index (χ0) is 16.4. The quantitative estimate of drug-likeness (QED) is 0.539. The highest BCUT2D eigenvalue weighted by molar-refractivity contribution is 9.10. The average Bonchev–Trinajstić information content (AvgIpc) is 2.74. The van der Waals surface area contributed by atoms with Crippen molar-refractivity contribution in [2.24, 2.45) is 0 Å². The van der Waals surface area contributed by atoms with E-state index in [0.29, 0.717) is 4.47 Å². The number of nitrogens with zero attached hydrogens (tertiary/aromatic N) is 1. The number of aromatic hydroxyl groups is 2. The molecule has 5 heteroatoms. The van der Waals surface area contributed by atoms with E-state index in [4.69, 9.17) is 0 Å². The van der Waals surface area contributed by atoms with Gasteiger partial charge >= 0.3 is 0 Å². The Morgan fingerprint density at radius 1 is 1.25 bits per heavy atom. The molecule has 0 bridgehead atoms. The molecule has 0 saturated carbocycles. The van der Waals surface area contributed by atoms with Gasteiger partial charge in [0.05, 0.1) is 4.47 Å². The minimum atomic E-state index is -0.0762. The van der Waals surface area contributed by atoms with Crippen LogP contribution in [0, 0.1) is 0 Å². The highest BCUT2D eigenvalue weighted by atomic mass is 79.9. The third-order valence-electron chi connectivity index (χ3n) is 4.44. The molecule has 0 unspecified atom stereocenters. The number of rotatable bonds is 3. The Morgan fingerprint density at radius 2 is 1.96 bits per heavy atom. The van der Waals surface area contributed by atoms with E-state index in [-0.39, 0.29) is 34.4 Å². The molecule has 2 aromatic rings. The fourth-order valence-corrected chi connectivity index (χ4v) is 3.92. The van der Waals surface area contributed by atoms with Crippen molar-refractivity contribution in [3.8, 4) is 11.5 Å². The molecule has 0 radical (unpaired) electrons. The minimum Gasteiger partial charge on any atom is -1.00 e. The molecule has 2 N–H and O–H groups in total. The molecule has 0 saturated heterocycles. The van der Waals surface area contributed by atoms with Crippen molar-refractivity contribution in [3.63, 3.8) is 0 Å². The van der Waals surface area contributed by atoms with E-state index < -0.39 is 0 Å². The maximum atomic E-state index is 10.1. The first-order valence-corrected chi connectivity index (χ1v) is 8.52. The number of phenols is 2. The smallest absolute Gasteiger partial charge is 0.172 e. The molecule has 0 aromatic heterocycles. The van der Waals surface area contributed by atoms with Gasteiger partial charge in [-0.05, 0) is 45.1 Å². The first-order valence-electron chi connectivity index (χ1n) is 7.73. The summed E-state index contributed by atoms with van der Waals surface area (Å²) in [6.07, 6.45) is 2.74. The number of phenolic OH excluding ortho intramolecular Hbond substituents is 2. The van der Waals surface area contributed by atoms with Crippen LogP contribution in [0.1, 0.15) is 22.6 Å². The Balaban J connectivity index is 0.00000208. The monoisotopic (exact) mass is 452 g/mol. The molecule has 24 heavy (non-hydrogen) atoms. The summed E-state index contributed by atoms with van der Waals surface area (Å²) in [6.45, 7) is 6.43. The van der Waals surface area contributed by atoms with Crippen molar-refractivity contribution in [2.45, 2.75) is 12.3 Å². The Hall–Kier alpha value is -1.30. The fourth-order valence-electron chi connectivity index (χ4n) is 3.29. The molecule has 3 rings (SSSR count). The normalized spacial score (nSPS) is 17.5. The van der Waals surface area contributed by atoms with Crippen molar-refractivity contribution >= 4 is 15.9 Å². The van der Waals surface area contributed by atoms with Gasteiger partial charge in [0.2, 0.25) is 0 Å². The molecule has 128 valence electrons. The predicted octanol–water partition coefficient (Wildman–Crippen LogP) is 1.04. The van der Waals surface area contributed by atoms with Crippen LogP contribution in [-0.4, -0.2) is 34.7 Å². The number of fused-ring (bicyclic) bond motifs is 1. The molecule has 1 aliphatic heterocycles. The summed E-state index contributed by atoms with van der Waals surface area (Å²) in [5.74, 6) is -0.00194. The molecule has 0 aliphatic carbocycles. The lowest BCUT2D eigenvalue weighted by Gasteiger charge is -2.24. The van der Waals surface area contributed by atoms with Crippen LogP contribution in [0.2, 0.25) is 0 Å². The van der Waals surface area contributed by atoms with Gasteiger partial charge in [-0.2, -0.15) is 0 Å². The Morgan fingerprint density at radius 3 is 2.62 bits per heavy atom. The summed E-state index contributed by atoms with van der Waals surface area (Å²) in [6, 6.07) is 12.0. The molecule has 0 fully saturated rings. The van der Waals surface area contributed by atoms with Gasteiger partial charge in [0.1, 0.15) is 0 Å². The summed E-state index contributed by atoms with van der Waals surface area (Å²) < 4.78 is 0.605. The third kappa shape index (κ3) is 3.68. The Kier molecular flexibility index (Phi) is 6.49. The summed E-state index contributed by atoms with van der Waals surface area (Å²) in [5.41, 5.74) is 3.35. The van der Waals surface area contributed by atoms with E-state index in [1.807, 2.05) is 24.3 Å². The molecule has 0 amide bonds. The van der Waals surface area contributed by atoms with Crippen molar-refractivity contribution in [1.29, 1.82) is 0 Å². The van der Waals surface area contributed by atoms with Gasteiger partial charge in [-0.15, -0.1) is 6.58 Å². The van der Waals surface area contributed by atoms with Crippen LogP contribution in [0.4, 0.5) is 0 Å². The highest BCUT2D eigenvalue weighted by Crippen LogP contribution is 2.43. The van der Waals surface area contributed by atoms with Crippen LogP contribution in [0.25, 0.3) is 0 Å². The first-order chi connectivity index (χ1) is 11.1. The summed E-state index contributed by atoms with van der Waals surface area (Å²) in [7, 11) is 0. The molecule has 3 nitrogen and oxygen atoms in total. The zero-order valence-electron chi connectivity index (χ0n) is 13.3. The lowest BCUT2D eigenvalue weighted by molar-refractivity contribution is -0.00000626. The highest BCUT2D eigenvalue weighted by Gasteiger charge is 2.27. The van der Waals surface area contributed by atoms with Crippen LogP contribution in [-0.2, 0) is 6.42 Å². The standard InChI is InChI=1S/C19H20BrNO2.BrH/c1-2-9-21-10-8-14-15(11-17(22)19(23)18(14)20)16(12-21)13-6-4-3-5-7-13;/h2-7,11,16,22-23H,1,8-10,12H2;1H/p-1/t16-;/m1./s1.